The SMILES string of the molecule is O=C(c1ccc([N+](=O)[O-])cc1)N1CCN(CCCn2ccnc2)CC1. The monoisotopic (exact) mass is 343 g/mol. The van der Waals surface area contributed by atoms with Gasteiger partial charge in [0.05, 0.1) is 11.3 Å². The molecule has 1 aliphatic rings. The molecule has 0 radical (unpaired) electrons. The Kier molecular flexibility index (Phi) is 5.39. The van der Waals surface area contributed by atoms with Gasteiger partial charge in [-0.3, -0.25) is 19.8 Å². The quantitative estimate of drug-likeness (QED) is 0.588. The number of carbonyl (C=O) groups is 1. The van der Waals surface area contributed by atoms with Gasteiger partial charge in [0, 0.05) is 62.8 Å². The molecule has 25 heavy (non-hydrogen) atoms. The standard InChI is InChI=1S/C17H21N5O3/c23-17(15-2-4-16(5-3-15)22(24)25)21-12-10-19(11-13-21)7-1-8-20-9-6-18-14-20/h2-6,9,14H,1,7-8,10-13H2. The Bertz CT molecular complexity index is 706. The first-order chi connectivity index (χ1) is 12.1. The van der Waals surface area contributed by atoms with Crippen molar-refractivity contribution in [3.63, 3.8) is 0 Å². The van der Waals surface area contributed by atoms with Gasteiger partial charge in [0.2, 0.25) is 0 Å². The van der Waals surface area contributed by atoms with Gasteiger partial charge >= 0.3 is 0 Å². The molecule has 1 amide bonds. The smallest absolute Gasteiger partial charge is 0.269 e. The second kappa shape index (κ2) is 7.89. The highest BCUT2D eigenvalue weighted by Crippen LogP contribution is 2.14. The lowest BCUT2D eigenvalue weighted by Crippen LogP contribution is -2.48. The molecule has 0 unspecified atom stereocenters. The summed E-state index contributed by atoms with van der Waals surface area (Å²) in [6, 6.07) is 5.80. The van der Waals surface area contributed by atoms with Crippen molar-refractivity contribution >= 4 is 11.6 Å². The van der Waals surface area contributed by atoms with Crippen LogP contribution in [0.3, 0.4) is 0 Å². The van der Waals surface area contributed by atoms with Gasteiger partial charge in [-0.25, -0.2) is 4.98 Å². The average Bonchev–Trinajstić information content (AvgIpc) is 3.15. The molecule has 8 heteroatoms. The summed E-state index contributed by atoms with van der Waals surface area (Å²) in [7, 11) is 0. The normalized spacial score (nSPS) is 15.3. The van der Waals surface area contributed by atoms with Crippen LogP contribution in [0.15, 0.2) is 43.0 Å². The minimum absolute atomic E-state index is 0.000684. The number of imidazole rings is 1. The molecular formula is C17H21N5O3. The van der Waals surface area contributed by atoms with Crippen molar-refractivity contribution in [1.29, 1.82) is 0 Å². The highest BCUT2D eigenvalue weighted by molar-refractivity contribution is 5.94. The predicted octanol–water partition coefficient (Wildman–Crippen LogP) is 1.64. The molecule has 0 bridgehead atoms. The summed E-state index contributed by atoms with van der Waals surface area (Å²) in [5, 5.41) is 10.7. The van der Waals surface area contributed by atoms with Crippen LogP contribution in [0.1, 0.15) is 16.8 Å². The number of rotatable bonds is 6. The summed E-state index contributed by atoms with van der Waals surface area (Å²) in [5.74, 6) is -0.0621. The van der Waals surface area contributed by atoms with E-state index in [0.29, 0.717) is 18.7 Å². The summed E-state index contributed by atoms with van der Waals surface area (Å²) in [4.78, 5) is 30.9. The van der Waals surface area contributed by atoms with Crippen LogP contribution < -0.4 is 0 Å². The van der Waals surface area contributed by atoms with Crippen molar-refractivity contribution in [1.82, 2.24) is 19.4 Å². The summed E-state index contributed by atoms with van der Waals surface area (Å²) >= 11 is 0. The minimum Gasteiger partial charge on any atom is -0.337 e. The van der Waals surface area contributed by atoms with Crippen molar-refractivity contribution in [2.75, 3.05) is 32.7 Å². The first-order valence-electron chi connectivity index (χ1n) is 8.35. The number of carbonyl (C=O) groups excluding carboxylic acids is 1. The second-order valence-electron chi connectivity index (χ2n) is 6.09. The lowest BCUT2D eigenvalue weighted by Gasteiger charge is -2.34. The van der Waals surface area contributed by atoms with Gasteiger partial charge in [-0.2, -0.15) is 0 Å². The lowest BCUT2D eigenvalue weighted by atomic mass is 10.1. The van der Waals surface area contributed by atoms with E-state index in [1.165, 1.54) is 24.3 Å². The molecule has 1 saturated heterocycles. The molecule has 0 saturated carbocycles. The molecule has 132 valence electrons. The zero-order valence-electron chi connectivity index (χ0n) is 14.0. The number of nitrogens with zero attached hydrogens (tertiary/aromatic N) is 5. The zero-order chi connectivity index (χ0) is 17.6. The molecule has 2 heterocycles. The summed E-state index contributed by atoms with van der Waals surface area (Å²) in [6.45, 7) is 5.01. The van der Waals surface area contributed by atoms with E-state index in [-0.39, 0.29) is 11.6 Å². The number of nitro groups is 1. The van der Waals surface area contributed by atoms with Crippen molar-refractivity contribution in [3.05, 3.63) is 58.7 Å². The van der Waals surface area contributed by atoms with E-state index in [1.807, 2.05) is 17.4 Å². The molecule has 0 spiro atoms. The molecular weight excluding hydrogens is 322 g/mol. The fourth-order valence-electron chi connectivity index (χ4n) is 2.98. The topological polar surface area (TPSA) is 84.5 Å². The van der Waals surface area contributed by atoms with Gasteiger partial charge in [0.25, 0.3) is 11.6 Å². The number of amides is 1. The van der Waals surface area contributed by atoms with E-state index in [9.17, 15) is 14.9 Å². The Labute approximate surface area is 145 Å². The lowest BCUT2D eigenvalue weighted by molar-refractivity contribution is -0.384. The van der Waals surface area contributed by atoms with Crippen molar-refractivity contribution < 1.29 is 9.72 Å². The van der Waals surface area contributed by atoms with Gasteiger partial charge in [-0.1, -0.05) is 0 Å². The Hall–Kier alpha value is -2.74. The molecule has 1 aromatic carbocycles. The third-order valence-electron chi connectivity index (χ3n) is 4.43. The number of aromatic nitrogens is 2. The summed E-state index contributed by atoms with van der Waals surface area (Å²) < 4.78 is 2.06. The Morgan fingerprint density at radius 1 is 1.12 bits per heavy atom. The fourth-order valence-corrected chi connectivity index (χ4v) is 2.98. The molecule has 0 atom stereocenters. The predicted molar refractivity (Wildman–Crippen MR) is 92.3 cm³/mol. The van der Waals surface area contributed by atoms with E-state index in [2.05, 4.69) is 14.5 Å². The van der Waals surface area contributed by atoms with Crippen LogP contribution >= 0.6 is 0 Å². The van der Waals surface area contributed by atoms with Crippen LogP contribution in [-0.2, 0) is 6.54 Å². The van der Waals surface area contributed by atoms with E-state index < -0.39 is 4.92 Å². The van der Waals surface area contributed by atoms with Gasteiger partial charge in [0.1, 0.15) is 0 Å². The van der Waals surface area contributed by atoms with Crippen molar-refractivity contribution in [3.8, 4) is 0 Å². The van der Waals surface area contributed by atoms with Crippen molar-refractivity contribution in [2.24, 2.45) is 0 Å². The van der Waals surface area contributed by atoms with Gasteiger partial charge in [-0.05, 0) is 25.1 Å². The average molecular weight is 343 g/mol. The van der Waals surface area contributed by atoms with E-state index in [4.69, 9.17) is 0 Å². The number of benzene rings is 1. The Morgan fingerprint density at radius 2 is 1.84 bits per heavy atom. The van der Waals surface area contributed by atoms with Crippen molar-refractivity contribution in [2.45, 2.75) is 13.0 Å². The Balaban J connectivity index is 1.44. The van der Waals surface area contributed by atoms with Gasteiger partial charge in [-0.15, -0.1) is 0 Å². The molecule has 1 fully saturated rings. The minimum atomic E-state index is -0.461. The zero-order valence-corrected chi connectivity index (χ0v) is 14.0. The molecule has 8 nitrogen and oxygen atoms in total. The maximum Gasteiger partial charge on any atom is 0.269 e. The number of aryl methyl sites for hydroxylation is 1. The molecule has 0 N–H and O–H groups in total. The molecule has 3 rings (SSSR count). The van der Waals surface area contributed by atoms with Crippen LogP contribution in [0.4, 0.5) is 5.69 Å². The molecule has 1 aromatic heterocycles. The number of hydrogen-bond donors (Lipinski definition) is 0. The van der Waals surface area contributed by atoms with Crippen LogP contribution in [0, 0.1) is 10.1 Å². The third-order valence-corrected chi connectivity index (χ3v) is 4.43. The number of non-ortho nitro benzene ring substituents is 1. The molecule has 1 aliphatic heterocycles. The first kappa shape index (κ1) is 17.1. The number of piperazine rings is 1. The van der Waals surface area contributed by atoms with Gasteiger partial charge in [0.15, 0.2) is 0 Å². The largest absolute Gasteiger partial charge is 0.337 e. The van der Waals surface area contributed by atoms with Crippen LogP contribution in [0.2, 0.25) is 0 Å². The molecule has 0 aliphatic carbocycles. The summed E-state index contributed by atoms with van der Waals surface area (Å²) in [5.41, 5.74) is 0.499. The highest BCUT2D eigenvalue weighted by Gasteiger charge is 2.22. The highest BCUT2D eigenvalue weighted by atomic mass is 16.6. The van der Waals surface area contributed by atoms with Crippen LogP contribution in [0.5, 0.6) is 0 Å². The van der Waals surface area contributed by atoms with Crippen LogP contribution in [-0.4, -0.2) is 62.9 Å². The number of nitro benzene ring substituents is 1. The third kappa shape index (κ3) is 4.42. The van der Waals surface area contributed by atoms with E-state index in [1.54, 1.807) is 6.20 Å². The van der Waals surface area contributed by atoms with Crippen LogP contribution in [0.25, 0.3) is 0 Å². The maximum atomic E-state index is 12.5. The van der Waals surface area contributed by atoms with E-state index in [0.717, 1.165) is 32.6 Å². The van der Waals surface area contributed by atoms with E-state index >= 15 is 0 Å². The van der Waals surface area contributed by atoms with Gasteiger partial charge < -0.3 is 9.47 Å². The second-order valence-corrected chi connectivity index (χ2v) is 6.09. The first-order valence-corrected chi connectivity index (χ1v) is 8.35. The fraction of sp³-hybridized carbons (Fsp3) is 0.412. The molecule has 2 aromatic rings. The maximum absolute atomic E-state index is 12.5. The summed E-state index contributed by atoms with van der Waals surface area (Å²) in [6.07, 6.45) is 6.61. The Morgan fingerprint density at radius 3 is 2.44 bits per heavy atom. The number of hydrogen-bond acceptors (Lipinski definition) is 5.